The van der Waals surface area contributed by atoms with Gasteiger partial charge in [0.1, 0.15) is 6.61 Å². The van der Waals surface area contributed by atoms with E-state index in [-0.39, 0.29) is 5.97 Å². The largest absolute Gasteiger partial charge is 0.463 e. The highest BCUT2D eigenvalue weighted by atomic mass is 32.2. The predicted molar refractivity (Wildman–Crippen MR) is 48.5 cm³/mol. The molecule has 0 radical (unpaired) electrons. The van der Waals surface area contributed by atoms with Crippen molar-refractivity contribution in [2.75, 3.05) is 32.8 Å². The lowest BCUT2D eigenvalue weighted by Gasteiger charge is -1.97. The monoisotopic (exact) mass is 196 g/mol. The Bertz CT molecular complexity index is 131. The highest BCUT2D eigenvalue weighted by molar-refractivity contribution is 7.83. The molecule has 0 aromatic rings. The molecule has 0 atom stereocenters. The summed E-state index contributed by atoms with van der Waals surface area (Å²) in [6, 6.07) is 0. The molecule has 0 spiro atoms. The summed E-state index contributed by atoms with van der Waals surface area (Å²) >= 11 is 0. The third-order valence-electron chi connectivity index (χ3n) is 0.593. The molecule has 74 valence electrons. The standard InChI is InChI=1S/C5H10O3.C2H6OS/c1-5(6)8-4-3-7-2;1-4(2)3/h3-4H2,1-2H3;1-2H3. The molecule has 0 rings (SSSR count). The van der Waals surface area contributed by atoms with Gasteiger partial charge in [0.2, 0.25) is 0 Å². The molecule has 0 N–H and O–H groups in total. The zero-order valence-corrected chi connectivity index (χ0v) is 8.77. The van der Waals surface area contributed by atoms with E-state index in [4.69, 9.17) is 0 Å². The molecule has 0 saturated heterocycles. The Labute approximate surface area is 75.7 Å². The summed E-state index contributed by atoms with van der Waals surface area (Å²) in [6.07, 6.45) is 3.28. The zero-order chi connectivity index (χ0) is 9.98. The summed E-state index contributed by atoms with van der Waals surface area (Å²) in [6.45, 7) is 2.20. The highest BCUT2D eigenvalue weighted by Gasteiger charge is 1.88. The van der Waals surface area contributed by atoms with Gasteiger partial charge in [-0.25, -0.2) is 0 Å². The van der Waals surface area contributed by atoms with Crippen molar-refractivity contribution in [3.63, 3.8) is 0 Å². The molecular formula is C7H16O4S. The topological polar surface area (TPSA) is 52.6 Å². The van der Waals surface area contributed by atoms with Crippen molar-refractivity contribution < 1.29 is 18.5 Å². The highest BCUT2D eigenvalue weighted by Crippen LogP contribution is 1.74. The first-order valence-electron chi connectivity index (χ1n) is 3.38. The normalized spacial score (nSPS) is 8.75. The van der Waals surface area contributed by atoms with E-state index in [0.29, 0.717) is 13.2 Å². The third-order valence-corrected chi connectivity index (χ3v) is 0.593. The average Bonchev–Trinajstić information content (AvgIpc) is 1.86. The van der Waals surface area contributed by atoms with E-state index >= 15 is 0 Å². The van der Waals surface area contributed by atoms with Crippen molar-refractivity contribution in [1.82, 2.24) is 0 Å². The molecule has 0 aromatic carbocycles. The first-order chi connectivity index (χ1) is 5.50. The second-order valence-electron chi connectivity index (χ2n) is 2.07. The van der Waals surface area contributed by atoms with E-state index in [0.717, 1.165) is 0 Å². The fraction of sp³-hybridized carbons (Fsp3) is 0.857. The summed E-state index contributed by atoms with van der Waals surface area (Å²) in [7, 11) is 0.948. The summed E-state index contributed by atoms with van der Waals surface area (Å²) in [5.41, 5.74) is 0. The smallest absolute Gasteiger partial charge is 0.302 e. The van der Waals surface area contributed by atoms with Crippen molar-refractivity contribution in [3.8, 4) is 0 Å². The van der Waals surface area contributed by atoms with Crippen molar-refractivity contribution in [1.29, 1.82) is 0 Å². The minimum atomic E-state index is -0.611. The van der Waals surface area contributed by atoms with Crippen LogP contribution in [0.2, 0.25) is 0 Å². The molecule has 0 aliphatic heterocycles. The Balaban J connectivity index is 0. The Hall–Kier alpha value is -0.420. The van der Waals surface area contributed by atoms with E-state index in [1.54, 1.807) is 19.6 Å². The number of hydrogen-bond acceptors (Lipinski definition) is 4. The van der Waals surface area contributed by atoms with Crippen molar-refractivity contribution in [3.05, 3.63) is 0 Å². The minimum Gasteiger partial charge on any atom is -0.463 e. The van der Waals surface area contributed by atoms with Crippen LogP contribution in [0.5, 0.6) is 0 Å². The zero-order valence-electron chi connectivity index (χ0n) is 7.96. The van der Waals surface area contributed by atoms with E-state index in [1.165, 1.54) is 6.92 Å². The summed E-state index contributed by atoms with van der Waals surface area (Å²) < 4.78 is 18.7. The fourth-order valence-corrected chi connectivity index (χ4v) is 0.269. The van der Waals surface area contributed by atoms with Crippen LogP contribution in [0.15, 0.2) is 0 Å². The van der Waals surface area contributed by atoms with Crippen LogP contribution in [-0.4, -0.2) is 43.0 Å². The molecule has 0 amide bonds. The van der Waals surface area contributed by atoms with Gasteiger partial charge >= 0.3 is 5.97 Å². The summed E-state index contributed by atoms with van der Waals surface area (Å²) in [5.74, 6) is -0.262. The lowest BCUT2D eigenvalue weighted by molar-refractivity contribution is -0.142. The number of methoxy groups -OCH3 is 1. The van der Waals surface area contributed by atoms with Crippen LogP contribution in [0.25, 0.3) is 0 Å². The Morgan fingerprint density at radius 1 is 1.33 bits per heavy atom. The lowest BCUT2D eigenvalue weighted by Crippen LogP contribution is -2.05. The van der Waals surface area contributed by atoms with Gasteiger partial charge in [0.25, 0.3) is 0 Å². The van der Waals surface area contributed by atoms with Crippen LogP contribution in [0.4, 0.5) is 0 Å². The van der Waals surface area contributed by atoms with E-state index < -0.39 is 10.8 Å². The van der Waals surface area contributed by atoms with Crippen LogP contribution in [-0.2, 0) is 25.1 Å². The number of rotatable bonds is 3. The molecule has 0 saturated carbocycles. The third kappa shape index (κ3) is 33.6. The van der Waals surface area contributed by atoms with Crippen LogP contribution in [0.3, 0.4) is 0 Å². The number of hydrogen-bond donors (Lipinski definition) is 0. The molecule has 0 aliphatic rings. The molecule has 0 fully saturated rings. The average molecular weight is 196 g/mol. The molecule has 0 heterocycles. The van der Waals surface area contributed by atoms with Gasteiger partial charge in [-0.1, -0.05) is 0 Å². The summed E-state index contributed by atoms with van der Waals surface area (Å²) in [5, 5.41) is 0. The second kappa shape index (κ2) is 10.6. The van der Waals surface area contributed by atoms with Gasteiger partial charge in [-0.05, 0) is 0 Å². The van der Waals surface area contributed by atoms with Gasteiger partial charge in [-0.3, -0.25) is 9.00 Å². The maximum Gasteiger partial charge on any atom is 0.302 e. The quantitative estimate of drug-likeness (QED) is 0.477. The number of carbonyl (C=O) groups is 1. The summed E-state index contributed by atoms with van der Waals surface area (Å²) in [4.78, 5) is 10.0. The van der Waals surface area contributed by atoms with Crippen LogP contribution in [0.1, 0.15) is 6.92 Å². The number of carbonyl (C=O) groups excluding carboxylic acids is 1. The molecule has 0 aromatic heterocycles. The maximum absolute atomic E-state index is 10.0. The Morgan fingerprint density at radius 3 is 2.00 bits per heavy atom. The van der Waals surface area contributed by atoms with Crippen LogP contribution < -0.4 is 0 Å². The molecule has 4 nitrogen and oxygen atoms in total. The minimum absolute atomic E-state index is 0.262. The van der Waals surface area contributed by atoms with Gasteiger partial charge in [0.15, 0.2) is 0 Å². The molecule has 12 heavy (non-hydrogen) atoms. The van der Waals surface area contributed by atoms with E-state index in [9.17, 15) is 9.00 Å². The molecule has 5 heteroatoms. The molecule has 0 aliphatic carbocycles. The molecular weight excluding hydrogens is 180 g/mol. The molecule has 0 unspecified atom stereocenters. The maximum atomic E-state index is 10.0. The van der Waals surface area contributed by atoms with Gasteiger partial charge in [-0.15, -0.1) is 0 Å². The lowest BCUT2D eigenvalue weighted by atomic mass is 10.7. The first-order valence-corrected chi connectivity index (χ1v) is 5.34. The fourth-order valence-electron chi connectivity index (χ4n) is 0.269. The second-order valence-corrected chi connectivity index (χ2v) is 3.56. The van der Waals surface area contributed by atoms with Crippen molar-refractivity contribution >= 4 is 16.8 Å². The Kier molecular flexibility index (Phi) is 12.5. The first kappa shape index (κ1) is 14.1. The molecule has 0 bridgehead atoms. The van der Waals surface area contributed by atoms with Crippen molar-refractivity contribution in [2.45, 2.75) is 6.92 Å². The number of esters is 1. The van der Waals surface area contributed by atoms with Gasteiger partial charge < -0.3 is 9.47 Å². The van der Waals surface area contributed by atoms with Gasteiger partial charge in [-0.2, -0.15) is 0 Å². The van der Waals surface area contributed by atoms with Crippen LogP contribution in [0, 0.1) is 0 Å². The van der Waals surface area contributed by atoms with Gasteiger partial charge in [0, 0.05) is 37.3 Å². The SMILES string of the molecule is COCCOC(C)=O.CS(C)=O. The van der Waals surface area contributed by atoms with E-state index in [1.807, 2.05) is 0 Å². The van der Waals surface area contributed by atoms with Crippen molar-refractivity contribution in [2.24, 2.45) is 0 Å². The Morgan fingerprint density at radius 2 is 1.75 bits per heavy atom. The van der Waals surface area contributed by atoms with Crippen LogP contribution >= 0.6 is 0 Å². The van der Waals surface area contributed by atoms with Gasteiger partial charge in [0.05, 0.1) is 6.61 Å². The predicted octanol–water partition coefficient (Wildman–Crippen LogP) is 0.191. The van der Waals surface area contributed by atoms with E-state index in [2.05, 4.69) is 9.47 Å². The number of ether oxygens (including phenoxy) is 2.